The molecule has 1 rings (SSSR count). The van der Waals surface area contributed by atoms with Gasteiger partial charge in [0.05, 0.1) is 13.2 Å². The van der Waals surface area contributed by atoms with Crippen molar-refractivity contribution < 1.29 is 13.2 Å². The minimum Gasteiger partial charge on any atom is -0.496 e. The first-order valence-corrected chi connectivity index (χ1v) is 6.20. The van der Waals surface area contributed by atoms with Gasteiger partial charge in [-0.25, -0.2) is 13.1 Å². The van der Waals surface area contributed by atoms with Crippen LogP contribution in [-0.2, 0) is 16.6 Å². The Balaban J connectivity index is 2.72. The van der Waals surface area contributed by atoms with E-state index in [0.717, 1.165) is 5.56 Å². The maximum atomic E-state index is 11.2. The highest BCUT2D eigenvalue weighted by Gasteiger charge is 2.10. The van der Waals surface area contributed by atoms with E-state index in [-0.39, 0.29) is 6.54 Å². The molecule has 0 fully saturated rings. The molecular formula is C10H12N2O3S. The van der Waals surface area contributed by atoms with Crippen LogP contribution in [0.1, 0.15) is 5.56 Å². The molecule has 6 heteroatoms. The van der Waals surface area contributed by atoms with Crippen molar-refractivity contribution in [1.82, 2.24) is 4.72 Å². The molecule has 0 unspecified atom stereocenters. The third-order valence-electron chi connectivity index (χ3n) is 1.93. The number of hydrogen-bond acceptors (Lipinski definition) is 4. The Morgan fingerprint density at radius 1 is 1.44 bits per heavy atom. The maximum Gasteiger partial charge on any atom is 0.225 e. The van der Waals surface area contributed by atoms with E-state index in [0.29, 0.717) is 5.75 Å². The molecule has 0 saturated carbocycles. The summed E-state index contributed by atoms with van der Waals surface area (Å²) in [6.07, 6.45) is 0. The first kappa shape index (κ1) is 12.5. The fourth-order valence-electron chi connectivity index (χ4n) is 1.17. The van der Waals surface area contributed by atoms with Gasteiger partial charge in [0, 0.05) is 12.1 Å². The van der Waals surface area contributed by atoms with Gasteiger partial charge in [0.25, 0.3) is 0 Å². The van der Waals surface area contributed by atoms with Crippen molar-refractivity contribution in [2.45, 2.75) is 6.54 Å². The van der Waals surface area contributed by atoms with Crippen molar-refractivity contribution >= 4 is 10.0 Å². The minimum absolute atomic E-state index is 0.119. The summed E-state index contributed by atoms with van der Waals surface area (Å²) in [6, 6.07) is 8.68. The number of benzene rings is 1. The van der Waals surface area contributed by atoms with Crippen molar-refractivity contribution in [2.24, 2.45) is 0 Å². The quantitative estimate of drug-likeness (QED) is 0.819. The van der Waals surface area contributed by atoms with Gasteiger partial charge in [0.1, 0.15) is 5.75 Å². The number of para-hydroxylation sites is 1. The third kappa shape index (κ3) is 3.53. The second-order valence-corrected chi connectivity index (χ2v) is 4.86. The largest absolute Gasteiger partial charge is 0.496 e. The summed E-state index contributed by atoms with van der Waals surface area (Å²) < 4.78 is 29.8. The van der Waals surface area contributed by atoms with E-state index in [1.54, 1.807) is 30.3 Å². The van der Waals surface area contributed by atoms with Crippen LogP contribution in [0.15, 0.2) is 24.3 Å². The van der Waals surface area contributed by atoms with E-state index < -0.39 is 15.8 Å². The number of nitrogens with zero attached hydrogens (tertiary/aromatic N) is 1. The standard InChI is InChI=1S/C10H12N2O3S/c1-15-10-5-3-2-4-9(10)8-12-16(13,14)7-6-11/h2-5,12H,7-8H2,1H3. The summed E-state index contributed by atoms with van der Waals surface area (Å²) in [5, 5.41) is 8.31. The normalized spacial score (nSPS) is 10.8. The number of rotatable bonds is 5. The molecule has 0 aromatic heterocycles. The van der Waals surface area contributed by atoms with Crippen molar-refractivity contribution in [2.75, 3.05) is 12.9 Å². The molecule has 1 aromatic carbocycles. The van der Waals surface area contributed by atoms with E-state index in [1.165, 1.54) is 7.11 Å². The summed E-state index contributed by atoms with van der Waals surface area (Å²) in [5.41, 5.74) is 0.728. The Labute approximate surface area is 94.7 Å². The summed E-state index contributed by atoms with van der Waals surface area (Å²) in [4.78, 5) is 0. The number of nitrogens with one attached hydrogen (secondary N) is 1. The summed E-state index contributed by atoms with van der Waals surface area (Å²) >= 11 is 0. The van der Waals surface area contributed by atoms with Gasteiger partial charge in [0.15, 0.2) is 5.75 Å². The fraction of sp³-hybridized carbons (Fsp3) is 0.300. The van der Waals surface area contributed by atoms with Crippen molar-refractivity contribution in [1.29, 1.82) is 5.26 Å². The molecule has 0 atom stereocenters. The Hall–Kier alpha value is -1.58. The highest BCUT2D eigenvalue weighted by Crippen LogP contribution is 2.16. The number of sulfonamides is 1. The van der Waals surface area contributed by atoms with Gasteiger partial charge in [-0.05, 0) is 6.07 Å². The topological polar surface area (TPSA) is 79.2 Å². The van der Waals surface area contributed by atoms with Crippen molar-refractivity contribution in [3.8, 4) is 11.8 Å². The second-order valence-electron chi connectivity index (χ2n) is 3.05. The predicted molar refractivity (Wildman–Crippen MR) is 59.2 cm³/mol. The smallest absolute Gasteiger partial charge is 0.225 e. The van der Waals surface area contributed by atoms with Gasteiger partial charge in [-0.15, -0.1) is 0 Å². The molecule has 0 bridgehead atoms. The molecule has 86 valence electrons. The lowest BCUT2D eigenvalue weighted by atomic mass is 10.2. The van der Waals surface area contributed by atoms with Gasteiger partial charge in [0.2, 0.25) is 10.0 Å². The van der Waals surface area contributed by atoms with Gasteiger partial charge < -0.3 is 4.74 Å². The molecule has 0 spiro atoms. The maximum absolute atomic E-state index is 11.2. The zero-order valence-electron chi connectivity index (χ0n) is 8.80. The van der Waals surface area contributed by atoms with Crippen LogP contribution >= 0.6 is 0 Å². The van der Waals surface area contributed by atoms with Crippen molar-refractivity contribution in [3.05, 3.63) is 29.8 Å². The molecule has 16 heavy (non-hydrogen) atoms. The van der Waals surface area contributed by atoms with Gasteiger partial charge in [-0.3, -0.25) is 0 Å². The van der Waals surface area contributed by atoms with Gasteiger partial charge in [-0.2, -0.15) is 5.26 Å². The lowest BCUT2D eigenvalue weighted by Gasteiger charge is -2.08. The van der Waals surface area contributed by atoms with Crippen LogP contribution in [0.4, 0.5) is 0 Å². The van der Waals surface area contributed by atoms with Gasteiger partial charge >= 0.3 is 0 Å². The van der Waals surface area contributed by atoms with Crippen LogP contribution in [0, 0.1) is 11.3 Å². The van der Waals surface area contributed by atoms with E-state index >= 15 is 0 Å². The average Bonchev–Trinajstić information content (AvgIpc) is 2.27. The number of methoxy groups -OCH3 is 1. The molecule has 0 aliphatic rings. The number of hydrogen-bond donors (Lipinski definition) is 1. The number of ether oxygens (including phenoxy) is 1. The molecule has 0 amide bonds. The van der Waals surface area contributed by atoms with Gasteiger partial charge in [-0.1, -0.05) is 18.2 Å². The predicted octanol–water partition coefficient (Wildman–Crippen LogP) is 0.638. The van der Waals surface area contributed by atoms with Crippen LogP contribution in [0.3, 0.4) is 0 Å². The van der Waals surface area contributed by atoms with Crippen molar-refractivity contribution in [3.63, 3.8) is 0 Å². The zero-order chi connectivity index (χ0) is 12.0. The Morgan fingerprint density at radius 2 is 2.12 bits per heavy atom. The molecule has 0 aliphatic heterocycles. The molecule has 0 saturated heterocycles. The average molecular weight is 240 g/mol. The zero-order valence-corrected chi connectivity index (χ0v) is 9.62. The molecular weight excluding hydrogens is 228 g/mol. The Morgan fingerprint density at radius 3 is 2.75 bits per heavy atom. The van der Waals surface area contributed by atoms with E-state index in [1.807, 2.05) is 0 Å². The minimum atomic E-state index is -3.52. The molecule has 0 radical (unpaired) electrons. The molecule has 5 nitrogen and oxygen atoms in total. The summed E-state index contributed by atoms with van der Waals surface area (Å²) in [7, 11) is -2.01. The highest BCUT2D eigenvalue weighted by molar-refractivity contribution is 7.89. The van der Waals surface area contributed by atoms with Crippen LogP contribution in [0.25, 0.3) is 0 Å². The molecule has 0 heterocycles. The van der Waals surface area contributed by atoms with E-state index in [2.05, 4.69) is 4.72 Å². The Kier molecular flexibility index (Phi) is 4.28. The van der Waals surface area contributed by atoms with Crippen LogP contribution < -0.4 is 9.46 Å². The lowest BCUT2D eigenvalue weighted by molar-refractivity contribution is 0.409. The first-order chi connectivity index (χ1) is 7.59. The SMILES string of the molecule is COc1ccccc1CNS(=O)(=O)CC#N. The first-order valence-electron chi connectivity index (χ1n) is 4.55. The lowest BCUT2D eigenvalue weighted by Crippen LogP contribution is -2.25. The third-order valence-corrected chi connectivity index (χ3v) is 3.02. The number of nitriles is 1. The van der Waals surface area contributed by atoms with Crippen LogP contribution in [0.5, 0.6) is 5.75 Å². The molecule has 1 N–H and O–H groups in total. The van der Waals surface area contributed by atoms with Crippen LogP contribution in [0.2, 0.25) is 0 Å². The monoisotopic (exact) mass is 240 g/mol. The highest BCUT2D eigenvalue weighted by atomic mass is 32.2. The molecule has 1 aromatic rings. The van der Waals surface area contributed by atoms with E-state index in [4.69, 9.17) is 10.00 Å². The Bertz CT molecular complexity index is 491. The van der Waals surface area contributed by atoms with E-state index in [9.17, 15) is 8.42 Å². The summed E-state index contributed by atoms with van der Waals surface area (Å²) in [5.74, 6) is 0.0736. The molecule has 0 aliphatic carbocycles. The summed E-state index contributed by atoms with van der Waals surface area (Å²) in [6.45, 7) is 0.119. The second kappa shape index (κ2) is 5.49. The fourth-order valence-corrected chi connectivity index (χ4v) is 1.82. The van der Waals surface area contributed by atoms with Crippen LogP contribution in [-0.4, -0.2) is 21.3 Å².